The van der Waals surface area contributed by atoms with E-state index in [1.165, 1.54) is 16.3 Å². The molecule has 0 spiro atoms. The van der Waals surface area contributed by atoms with Crippen LogP contribution in [0, 0.1) is 0 Å². The Bertz CT molecular complexity index is 1310. The Morgan fingerprint density at radius 1 is 0.700 bits per heavy atom. The molecule has 0 N–H and O–H groups in total. The molecule has 5 rings (SSSR count). The van der Waals surface area contributed by atoms with E-state index in [0.717, 1.165) is 22.6 Å². The molecule has 2 aromatic heterocycles. The van der Waals surface area contributed by atoms with Gasteiger partial charge in [-0.25, -0.2) is 0 Å². The molecule has 0 unspecified atom stereocenters. The van der Waals surface area contributed by atoms with Crippen molar-refractivity contribution >= 4 is 21.8 Å². The number of fused-ring (bicyclic) bond motifs is 3. The lowest BCUT2D eigenvalue weighted by Crippen LogP contribution is -2.10. The van der Waals surface area contributed by atoms with Gasteiger partial charge in [0.25, 0.3) is 0 Å². The van der Waals surface area contributed by atoms with Crippen molar-refractivity contribution in [3.63, 3.8) is 0 Å². The highest BCUT2D eigenvalue weighted by Gasteiger charge is 2.15. The summed E-state index contributed by atoms with van der Waals surface area (Å²) in [5.41, 5.74) is 3.58. The van der Waals surface area contributed by atoms with Crippen molar-refractivity contribution in [2.24, 2.45) is 0 Å². The lowest BCUT2D eigenvalue weighted by molar-refractivity contribution is 0.459. The Morgan fingerprint density at radius 3 is 2.00 bits per heavy atom. The molecule has 0 aliphatic rings. The molecule has 3 aromatic carbocycles. The second-order valence-electron chi connectivity index (χ2n) is 8.58. The second kappa shape index (κ2) is 7.03. The van der Waals surface area contributed by atoms with Gasteiger partial charge in [-0.2, -0.15) is 4.98 Å². The maximum atomic E-state index is 6.15. The van der Waals surface area contributed by atoms with E-state index in [-0.39, 0.29) is 5.41 Å². The number of pyridine rings is 1. The predicted octanol–water partition coefficient (Wildman–Crippen LogP) is 7.27. The Labute approximate surface area is 176 Å². The molecular formula is C27H24N2O. The number of aromatic nitrogens is 2. The summed E-state index contributed by atoms with van der Waals surface area (Å²) in [6, 6.07) is 31.0. The highest BCUT2D eigenvalue weighted by atomic mass is 16.5. The first-order valence-corrected chi connectivity index (χ1v) is 10.2. The van der Waals surface area contributed by atoms with E-state index < -0.39 is 0 Å². The molecule has 0 fully saturated rings. The highest BCUT2D eigenvalue weighted by molar-refractivity contribution is 6.09. The smallest absolute Gasteiger partial charge is 0.221 e. The van der Waals surface area contributed by atoms with E-state index in [1.807, 2.05) is 30.3 Å². The zero-order valence-electron chi connectivity index (χ0n) is 17.5. The van der Waals surface area contributed by atoms with Gasteiger partial charge in [0.15, 0.2) is 0 Å². The molecule has 30 heavy (non-hydrogen) atoms. The van der Waals surface area contributed by atoms with Crippen LogP contribution in [-0.4, -0.2) is 9.55 Å². The quantitative estimate of drug-likeness (QED) is 0.323. The van der Waals surface area contributed by atoms with Gasteiger partial charge >= 0.3 is 0 Å². The summed E-state index contributed by atoms with van der Waals surface area (Å²) in [5, 5.41) is 2.44. The van der Waals surface area contributed by atoms with Gasteiger partial charge in [-0.1, -0.05) is 75.4 Å². The topological polar surface area (TPSA) is 27.1 Å². The summed E-state index contributed by atoms with van der Waals surface area (Å²) >= 11 is 0. The van der Waals surface area contributed by atoms with Crippen LogP contribution < -0.4 is 4.74 Å². The van der Waals surface area contributed by atoms with Gasteiger partial charge < -0.3 is 4.74 Å². The fraction of sp³-hybridized carbons (Fsp3) is 0.148. The standard InChI is InChI=1S/C27H24N2O/c1-27(2,3)19-10-8-11-20(18-19)30-26-17-9-16-25(28-26)29-23-14-6-4-12-21(23)22-13-5-7-15-24(22)29/h4-18H,1-3H3. The van der Waals surface area contributed by atoms with Gasteiger partial charge in [0.1, 0.15) is 11.6 Å². The monoisotopic (exact) mass is 392 g/mol. The average Bonchev–Trinajstić information content (AvgIpc) is 3.08. The van der Waals surface area contributed by atoms with Crippen LogP contribution in [0.25, 0.3) is 27.6 Å². The number of hydrogen-bond acceptors (Lipinski definition) is 2. The van der Waals surface area contributed by atoms with Crippen LogP contribution in [-0.2, 0) is 5.41 Å². The number of rotatable bonds is 3. The van der Waals surface area contributed by atoms with Crippen LogP contribution in [0.4, 0.5) is 0 Å². The first-order chi connectivity index (χ1) is 14.5. The van der Waals surface area contributed by atoms with Gasteiger partial charge in [0, 0.05) is 16.8 Å². The summed E-state index contributed by atoms with van der Waals surface area (Å²) < 4.78 is 8.35. The van der Waals surface area contributed by atoms with Crippen molar-refractivity contribution in [3.8, 4) is 17.4 Å². The Kier molecular flexibility index (Phi) is 4.32. The zero-order chi connectivity index (χ0) is 20.7. The van der Waals surface area contributed by atoms with Gasteiger partial charge in [-0.15, -0.1) is 0 Å². The maximum Gasteiger partial charge on any atom is 0.221 e. The minimum absolute atomic E-state index is 0.0671. The number of benzene rings is 3. The fourth-order valence-corrected chi connectivity index (χ4v) is 3.90. The third-order valence-electron chi connectivity index (χ3n) is 5.44. The molecule has 0 radical (unpaired) electrons. The van der Waals surface area contributed by atoms with Crippen LogP contribution in [0.3, 0.4) is 0 Å². The summed E-state index contributed by atoms with van der Waals surface area (Å²) in [6.07, 6.45) is 0. The molecule has 2 heterocycles. The Balaban J connectivity index is 1.60. The number of para-hydroxylation sites is 2. The zero-order valence-corrected chi connectivity index (χ0v) is 17.5. The van der Waals surface area contributed by atoms with Crippen molar-refractivity contribution in [1.82, 2.24) is 9.55 Å². The molecule has 0 aliphatic heterocycles. The summed E-state index contributed by atoms with van der Waals surface area (Å²) in [5.74, 6) is 2.23. The van der Waals surface area contributed by atoms with Crippen LogP contribution in [0.1, 0.15) is 26.3 Å². The van der Waals surface area contributed by atoms with E-state index in [4.69, 9.17) is 9.72 Å². The number of ether oxygens (including phenoxy) is 1. The fourth-order valence-electron chi connectivity index (χ4n) is 3.90. The lowest BCUT2D eigenvalue weighted by atomic mass is 9.87. The Hall–Kier alpha value is -3.59. The van der Waals surface area contributed by atoms with Crippen LogP contribution in [0.2, 0.25) is 0 Å². The molecule has 0 bridgehead atoms. The first kappa shape index (κ1) is 18.4. The molecule has 0 saturated heterocycles. The molecule has 148 valence electrons. The summed E-state index contributed by atoms with van der Waals surface area (Å²) in [4.78, 5) is 4.84. The normalized spacial score (nSPS) is 11.8. The van der Waals surface area contributed by atoms with Crippen molar-refractivity contribution in [3.05, 3.63) is 96.6 Å². The van der Waals surface area contributed by atoms with Crippen molar-refractivity contribution in [2.45, 2.75) is 26.2 Å². The third-order valence-corrected chi connectivity index (χ3v) is 5.44. The minimum Gasteiger partial charge on any atom is -0.439 e. The van der Waals surface area contributed by atoms with Crippen molar-refractivity contribution < 1.29 is 4.74 Å². The van der Waals surface area contributed by atoms with E-state index in [0.29, 0.717) is 5.88 Å². The van der Waals surface area contributed by atoms with Crippen molar-refractivity contribution in [1.29, 1.82) is 0 Å². The molecule has 0 aliphatic carbocycles. The minimum atomic E-state index is 0.0671. The maximum absolute atomic E-state index is 6.15. The van der Waals surface area contributed by atoms with Crippen LogP contribution in [0.5, 0.6) is 11.6 Å². The van der Waals surface area contributed by atoms with Gasteiger partial charge in [-0.05, 0) is 41.3 Å². The van der Waals surface area contributed by atoms with Crippen LogP contribution in [0.15, 0.2) is 91.0 Å². The van der Waals surface area contributed by atoms with Gasteiger partial charge in [-0.3, -0.25) is 4.57 Å². The summed E-state index contributed by atoms with van der Waals surface area (Å²) in [6.45, 7) is 6.60. The first-order valence-electron chi connectivity index (χ1n) is 10.2. The largest absolute Gasteiger partial charge is 0.439 e. The summed E-state index contributed by atoms with van der Waals surface area (Å²) in [7, 11) is 0. The molecular weight excluding hydrogens is 368 g/mol. The molecule has 0 atom stereocenters. The Morgan fingerprint density at radius 2 is 1.33 bits per heavy atom. The third kappa shape index (κ3) is 3.22. The molecule has 3 heteroatoms. The molecule has 5 aromatic rings. The van der Waals surface area contributed by atoms with E-state index in [1.54, 1.807) is 0 Å². The van der Waals surface area contributed by atoms with Crippen LogP contribution >= 0.6 is 0 Å². The number of nitrogens with zero attached hydrogens (tertiary/aromatic N) is 2. The SMILES string of the molecule is CC(C)(C)c1cccc(Oc2cccc(-n3c4ccccc4c4ccccc43)n2)c1. The van der Waals surface area contributed by atoms with E-state index >= 15 is 0 Å². The second-order valence-corrected chi connectivity index (χ2v) is 8.58. The highest BCUT2D eigenvalue weighted by Crippen LogP contribution is 2.32. The lowest BCUT2D eigenvalue weighted by Gasteiger charge is -2.19. The molecule has 0 saturated carbocycles. The average molecular weight is 393 g/mol. The van der Waals surface area contributed by atoms with Gasteiger partial charge in [0.2, 0.25) is 5.88 Å². The molecule has 0 amide bonds. The predicted molar refractivity (Wildman–Crippen MR) is 124 cm³/mol. The number of hydrogen-bond donors (Lipinski definition) is 0. The van der Waals surface area contributed by atoms with Crippen molar-refractivity contribution in [2.75, 3.05) is 0 Å². The van der Waals surface area contributed by atoms with Gasteiger partial charge in [0.05, 0.1) is 11.0 Å². The molecule has 3 nitrogen and oxygen atoms in total. The van der Waals surface area contributed by atoms with E-state index in [2.05, 4.69) is 86.0 Å². The van der Waals surface area contributed by atoms with E-state index in [9.17, 15) is 0 Å².